The van der Waals surface area contributed by atoms with Crippen LogP contribution in [0.25, 0.3) is 0 Å². The summed E-state index contributed by atoms with van der Waals surface area (Å²) in [5.41, 5.74) is 2.55. The molecule has 1 N–H and O–H groups in total. The number of carboxylic acid groups (broad SMARTS) is 1. The minimum absolute atomic E-state index is 0.134. The van der Waals surface area contributed by atoms with E-state index in [4.69, 9.17) is 5.11 Å². The van der Waals surface area contributed by atoms with Gasteiger partial charge in [-0.2, -0.15) is 5.10 Å². The standard InChI is InChI=1S/C19H23N3O2/c1-21-14(10-17(20-21)19(23)24)11-22-12-16(13-6-3-2-4-7-13)15-8-5-9-18(15)22/h2-4,6-7,10,15-16,18H,5,8-9,11-12H2,1H3,(H,23,24). The van der Waals surface area contributed by atoms with Gasteiger partial charge in [0.15, 0.2) is 5.69 Å². The third-order valence-electron chi connectivity index (χ3n) is 5.74. The number of benzene rings is 1. The maximum atomic E-state index is 11.1. The summed E-state index contributed by atoms with van der Waals surface area (Å²) >= 11 is 0. The SMILES string of the molecule is Cn1nc(C(=O)O)cc1CN1CC(c2ccccc2)C2CCCC21. The van der Waals surface area contributed by atoms with Crippen molar-refractivity contribution in [2.75, 3.05) is 6.54 Å². The molecule has 1 aliphatic heterocycles. The van der Waals surface area contributed by atoms with Gasteiger partial charge in [-0.3, -0.25) is 9.58 Å². The quantitative estimate of drug-likeness (QED) is 0.939. The van der Waals surface area contributed by atoms with E-state index in [1.54, 1.807) is 10.7 Å². The van der Waals surface area contributed by atoms with Crippen molar-refractivity contribution in [2.45, 2.75) is 37.8 Å². The first-order chi connectivity index (χ1) is 11.6. The molecule has 3 atom stereocenters. The predicted molar refractivity (Wildman–Crippen MR) is 90.9 cm³/mol. The van der Waals surface area contributed by atoms with Crippen molar-refractivity contribution in [3.8, 4) is 0 Å². The molecule has 1 saturated heterocycles. The lowest BCUT2D eigenvalue weighted by Crippen LogP contribution is -2.30. The number of rotatable bonds is 4. The van der Waals surface area contributed by atoms with Gasteiger partial charge in [0.05, 0.1) is 5.69 Å². The molecule has 0 radical (unpaired) electrons. The summed E-state index contributed by atoms with van der Waals surface area (Å²) in [7, 11) is 1.83. The molecule has 126 valence electrons. The second-order valence-electron chi connectivity index (χ2n) is 7.06. The first-order valence-corrected chi connectivity index (χ1v) is 8.68. The van der Waals surface area contributed by atoms with Crippen molar-refractivity contribution in [3.63, 3.8) is 0 Å². The largest absolute Gasteiger partial charge is 0.476 e. The van der Waals surface area contributed by atoms with Crippen LogP contribution in [0.1, 0.15) is 46.9 Å². The van der Waals surface area contributed by atoms with Gasteiger partial charge in [-0.1, -0.05) is 36.8 Å². The van der Waals surface area contributed by atoms with Crippen LogP contribution in [0.2, 0.25) is 0 Å². The Morgan fingerprint density at radius 2 is 2.08 bits per heavy atom. The lowest BCUT2D eigenvalue weighted by atomic mass is 9.87. The Morgan fingerprint density at radius 3 is 2.79 bits per heavy atom. The van der Waals surface area contributed by atoms with E-state index in [1.165, 1.54) is 24.8 Å². The molecule has 5 nitrogen and oxygen atoms in total. The third kappa shape index (κ3) is 2.63. The van der Waals surface area contributed by atoms with E-state index < -0.39 is 5.97 Å². The summed E-state index contributed by atoms with van der Waals surface area (Å²) in [5, 5.41) is 13.2. The minimum Gasteiger partial charge on any atom is -0.476 e. The van der Waals surface area contributed by atoms with Gasteiger partial charge < -0.3 is 5.11 Å². The second-order valence-corrected chi connectivity index (χ2v) is 7.06. The van der Waals surface area contributed by atoms with E-state index in [2.05, 4.69) is 40.3 Å². The second kappa shape index (κ2) is 6.06. The molecule has 2 fully saturated rings. The first kappa shape index (κ1) is 15.4. The van der Waals surface area contributed by atoms with Gasteiger partial charge in [-0.15, -0.1) is 0 Å². The van der Waals surface area contributed by atoms with Gasteiger partial charge in [-0.05, 0) is 30.4 Å². The number of hydrogen-bond donors (Lipinski definition) is 1. The third-order valence-corrected chi connectivity index (χ3v) is 5.74. The summed E-state index contributed by atoms with van der Waals surface area (Å²) in [6.07, 6.45) is 3.84. The Labute approximate surface area is 141 Å². The Bertz CT molecular complexity index is 740. The fourth-order valence-electron chi connectivity index (χ4n) is 4.62. The van der Waals surface area contributed by atoms with Crippen LogP contribution >= 0.6 is 0 Å². The molecule has 1 saturated carbocycles. The molecule has 2 aliphatic rings. The van der Waals surface area contributed by atoms with Crippen LogP contribution in [0.5, 0.6) is 0 Å². The maximum Gasteiger partial charge on any atom is 0.356 e. The van der Waals surface area contributed by atoms with Crippen LogP contribution in [0.15, 0.2) is 36.4 Å². The van der Waals surface area contributed by atoms with Gasteiger partial charge in [0, 0.05) is 32.1 Å². The number of carboxylic acids is 1. The number of aryl methyl sites for hydroxylation is 1. The number of likely N-dealkylation sites (tertiary alicyclic amines) is 1. The molecule has 0 amide bonds. The van der Waals surface area contributed by atoms with Crippen molar-refractivity contribution in [3.05, 3.63) is 53.3 Å². The van der Waals surface area contributed by atoms with Crippen LogP contribution in [-0.4, -0.2) is 38.3 Å². The number of nitrogens with zero attached hydrogens (tertiary/aromatic N) is 3. The Hall–Kier alpha value is -2.14. The lowest BCUT2D eigenvalue weighted by molar-refractivity contribution is 0.0689. The van der Waals surface area contributed by atoms with Gasteiger partial charge in [0.1, 0.15) is 0 Å². The van der Waals surface area contributed by atoms with E-state index in [0.717, 1.165) is 24.7 Å². The molecular weight excluding hydrogens is 302 g/mol. The van der Waals surface area contributed by atoms with Crippen molar-refractivity contribution in [2.24, 2.45) is 13.0 Å². The normalized spacial score (nSPS) is 26.6. The molecule has 0 spiro atoms. The fraction of sp³-hybridized carbons (Fsp3) is 0.474. The average molecular weight is 325 g/mol. The predicted octanol–water partition coefficient (Wildman–Crippen LogP) is 2.89. The van der Waals surface area contributed by atoms with E-state index in [9.17, 15) is 4.79 Å². The monoisotopic (exact) mass is 325 g/mol. The van der Waals surface area contributed by atoms with Crippen molar-refractivity contribution >= 4 is 5.97 Å². The number of aromatic carboxylic acids is 1. The molecule has 24 heavy (non-hydrogen) atoms. The molecule has 2 aromatic rings. The number of aromatic nitrogens is 2. The van der Waals surface area contributed by atoms with Crippen molar-refractivity contribution in [1.82, 2.24) is 14.7 Å². The zero-order chi connectivity index (χ0) is 16.7. The first-order valence-electron chi connectivity index (χ1n) is 8.68. The Balaban J connectivity index is 1.57. The summed E-state index contributed by atoms with van der Waals surface area (Å²) in [4.78, 5) is 13.7. The van der Waals surface area contributed by atoms with Crippen LogP contribution in [0.4, 0.5) is 0 Å². The van der Waals surface area contributed by atoms with E-state index in [0.29, 0.717) is 12.0 Å². The van der Waals surface area contributed by atoms with Crippen LogP contribution in [0, 0.1) is 5.92 Å². The van der Waals surface area contributed by atoms with Gasteiger partial charge in [0.2, 0.25) is 0 Å². The molecule has 1 aromatic carbocycles. The van der Waals surface area contributed by atoms with Gasteiger partial charge >= 0.3 is 5.97 Å². The molecule has 5 heteroatoms. The average Bonchev–Trinajstić information content (AvgIpc) is 3.26. The van der Waals surface area contributed by atoms with Crippen molar-refractivity contribution in [1.29, 1.82) is 0 Å². The molecule has 3 unspecified atom stereocenters. The lowest BCUT2D eigenvalue weighted by Gasteiger charge is -2.23. The van der Waals surface area contributed by atoms with Crippen LogP contribution in [0.3, 0.4) is 0 Å². The minimum atomic E-state index is -0.959. The number of carbonyl (C=O) groups is 1. The Kier molecular flexibility index (Phi) is 3.88. The summed E-state index contributed by atoms with van der Waals surface area (Å²) in [6, 6.07) is 13.1. The molecular formula is C19H23N3O2. The smallest absolute Gasteiger partial charge is 0.356 e. The highest BCUT2D eigenvalue weighted by atomic mass is 16.4. The van der Waals surface area contributed by atoms with Crippen LogP contribution in [-0.2, 0) is 13.6 Å². The number of fused-ring (bicyclic) bond motifs is 1. The summed E-state index contributed by atoms with van der Waals surface area (Å²) in [5.74, 6) is 0.352. The van der Waals surface area contributed by atoms with E-state index in [1.807, 2.05) is 7.05 Å². The van der Waals surface area contributed by atoms with Gasteiger partial charge in [0.25, 0.3) is 0 Å². The van der Waals surface area contributed by atoms with Crippen LogP contribution < -0.4 is 0 Å². The molecule has 0 bridgehead atoms. The Morgan fingerprint density at radius 1 is 1.29 bits per heavy atom. The molecule has 2 heterocycles. The van der Waals surface area contributed by atoms with Gasteiger partial charge in [-0.25, -0.2) is 4.79 Å². The number of hydrogen-bond acceptors (Lipinski definition) is 3. The zero-order valence-corrected chi connectivity index (χ0v) is 13.9. The highest BCUT2D eigenvalue weighted by Gasteiger charge is 2.44. The summed E-state index contributed by atoms with van der Waals surface area (Å²) < 4.78 is 1.71. The zero-order valence-electron chi connectivity index (χ0n) is 13.9. The molecule has 1 aliphatic carbocycles. The summed E-state index contributed by atoms with van der Waals surface area (Å²) in [6.45, 7) is 1.83. The van der Waals surface area contributed by atoms with Crippen molar-refractivity contribution < 1.29 is 9.90 Å². The topological polar surface area (TPSA) is 58.4 Å². The highest BCUT2D eigenvalue weighted by Crippen LogP contribution is 2.46. The molecule has 4 rings (SSSR count). The maximum absolute atomic E-state index is 11.1. The van der Waals surface area contributed by atoms with E-state index >= 15 is 0 Å². The highest BCUT2D eigenvalue weighted by molar-refractivity contribution is 5.85. The van der Waals surface area contributed by atoms with E-state index in [-0.39, 0.29) is 5.69 Å². The fourth-order valence-corrected chi connectivity index (χ4v) is 4.62. The molecule has 1 aromatic heterocycles.